The number of carbonyl (C=O) groups excluding carboxylic acids is 1. The van der Waals surface area contributed by atoms with Crippen molar-refractivity contribution in [1.29, 1.82) is 0 Å². The molecule has 0 radical (unpaired) electrons. The Morgan fingerprint density at radius 1 is 1.31 bits per heavy atom. The number of amides is 1. The van der Waals surface area contributed by atoms with E-state index in [1.807, 2.05) is 18.2 Å². The fourth-order valence-corrected chi connectivity index (χ4v) is 4.75. The lowest BCUT2D eigenvalue weighted by molar-refractivity contribution is -0.116. The monoisotopic (exact) mass is 417 g/mol. The molecule has 0 bridgehead atoms. The molecule has 0 aliphatic carbocycles. The largest absolute Gasteiger partial charge is 0.493 e. The van der Waals surface area contributed by atoms with Crippen molar-refractivity contribution in [2.24, 2.45) is 5.92 Å². The number of nitrogens with zero attached hydrogens (tertiary/aromatic N) is 2. The molecule has 1 aromatic carbocycles. The predicted octanol–water partition coefficient (Wildman–Crippen LogP) is 3.50. The lowest BCUT2D eigenvalue weighted by Crippen LogP contribution is -2.36. The summed E-state index contributed by atoms with van der Waals surface area (Å²) in [6, 6.07) is 5.94. The number of methoxy groups -OCH3 is 1. The summed E-state index contributed by atoms with van der Waals surface area (Å²) in [7, 11) is 1.64. The smallest absolute Gasteiger partial charge is 0.226 e. The van der Waals surface area contributed by atoms with Gasteiger partial charge in [0.15, 0.2) is 16.6 Å². The van der Waals surface area contributed by atoms with Crippen LogP contribution in [0.3, 0.4) is 0 Å². The first-order valence-electron chi connectivity index (χ1n) is 9.99. The van der Waals surface area contributed by atoms with Crippen molar-refractivity contribution in [1.82, 2.24) is 4.98 Å². The highest BCUT2D eigenvalue weighted by Crippen LogP contribution is 2.44. The highest BCUT2D eigenvalue weighted by atomic mass is 32.1. The van der Waals surface area contributed by atoms with Gasteiger partial charge in [-0.3, -0.25) is 4.79 Å². The lowest BCUT2D eigenvalue weighted by atomic mass is 9.91. The van der Waals surface area contributed by atoms with Gasteiger partial charge in [-0.1, -0.05) is 31.3 Å². The van der Waals surface area contributed by atoms with E-state index in [9.17, 15) is 4.79 Å². The summed E-state index contributed by atoms with van der Waals surface area (Å²) in [5.74, 6) is 2.45. The van der Waals surface area contributed by atoms with Gasteiger partial charge in [0, 0.05) is 25.4 Å². The molecule has 1 amide bonds. The second-order valence-electron chi connectivity index (χ2n) is 7.73. The number of aromatic nitrogens is 1. The van der Waals surface area contributed by atoms with Crippen LogP contribution in [-0.4, -0.2) is 50.9 Å². The van der Waals surface area contributed by atoms with Crippen LogP contribution in [0.15, 0.2) is 18.2 Å². The SMILES string of the molecule is COc1ccc([C@H]2CC(=O)Nc3nc(N4CCOCC4)sc32)cc1OCC(C)C. The van der Waals surface area contributed by atoms with Crippen LogP contribution in [0.1, 0.15) is 36.6 Å². The summed E-state index contributed by atoms with van der Waals surface area (Å²) in [6.45, 7) is 7.88. The van der Waals surface area contributed by atoms with Crippen molar-refractivity contribution >= 4 is 28.2 Å². The molecule has 2 aromatic rings. The molecule has 2 aliphatic rings. The average Bonchev–Trinajstić information content (AvgIpc) is 3.16. The topological polar surface area (TPSA) is 72.9 Å². The second kappa shape index (κ2) is 8.59. The Balaban J connectivity index is 1.66. The number of fused-ring (bicyclic) bond motifs is 1. The molecule has 1 saturated heterocycles. The first-order valence-corrected chi connectivity index (χ1v) is 10.8. The number of thiazole rings is 1. The first kappa shape index (κ1) is 20.0. The van der Waals surface area contributed by atoms with E-state index in [1.54, 1.807) is 18.4 Å². The molecule has 1 fully saturated rings. The molecule has 7 nitrogen and oxygen atoms in total. The van der Waals surface area contributed by atoms with Gasteiger partial charge in [0.1, 0.15) is 5.82 Å². The van der Waals surface area contributed by atoms with Gasteiger partial charge in [-0.05, 0) is 23.6 Å². The van der Waals surface area contributed by atoms with Gasteiger partial charge in [-0.15, -0.1) is 0 Å². The molecule has 156 valence electrons. The number of morpholine rings is 1. The maximum absolute atomic E-state index is 12.4. The number of hydrogen-bond donors (Lipinski definition) is 1. The number of carbonyl (C=O) groups is 1. The Hall–Kier alpha value is -2.32. The number of ether oxygens (including phenoxy) is 3. The van der Waals surface area contributed by atoms with Crippen LogP contribution in [-0.2, 0) is 9.53 Å². The van der Waals surface area contributed by atoms with Crippen molar-refractivity contribution in [3.8, 4) is 11.5 Å². The van der Waals surface area contributed by atoms with Gasteiger partial charge in [0.25, 0.3) is 0 Å². The molecule has 3 heterocycles. The molecule has 0 saturated carbocycles. The Bertz CT molecular complexity index is 877. The van der Waals surface area contributed by atoms with Crippen LogP contribution < -0.4 is 19.7 Å². The van der Waals surface area contributed by atoms with Crippen molar-refractivity contribution in [2.45, 2.75) is 26.2 Å². The van der Waals surface area contributed by atoms with Crippen LogP contribution in [0.4, 0.5) is 10.9 Å². The van der Waals surface area contributed by atoms with E-state index in [0.29, 0.717) is 49.5 Å². The van der Waals surface area contributed by atoms with Crippen molar-refractivity contribution in [2.75, 3.05) is 50.2 Å². The van der Waals surface area contributed by atoms with E-state index in [2.05, 4.69) is 24.1 Å². The normalized spacial score (nSPS) is 19.1. The average molecular weight is 418 g/mol. The van der Waals surface area contributed by atoms with Crippen LogP contribution in [0.2, 0.25) is 0 Å². The van der Waals surface area contributed by atoms with E-state index in [4.69, 9.17) is 19.2 Å². The Kier molecular flexibility index (Phi) is 5.91. The van der Waals surface area contributed by atoms with Gasteiger partial charge in [-0.25, -0.2) is 4.98 Å². The summed E-state index contributed by atoms with van der Waals surface area (Å²) in [4.78, 5) is 20.4. The van der Waals surface area contributed by atoms with E-state index in [-0.39, 0.29) is 11.8 Å². The zero-order valence-corrected chi connectivity index (χ0v) is 17.9. The third kappa shape index (κ3) is 4.33. The van der Waals surface area contributed by atoms with E-state index < -0.39 is 0 Å². The van der Waals surface area contributed by atoms with E-state index >= 15 is 0 Å². The van der Waals surface area contributed by atoms with Crippen molar-refractivity contribution in [3.05, 3.63) is 28.6 Å². The van der Waals surface area contributed by atoms with E-state index in [0.717, 1.165) is 28.7 Å². The van der Waals surface area contributed by atoms with Gasteiger partial charge in [-0.2, -0.15) is 0 Å². The molecule has 2 aliphatic heterocycles. The summed E-state index contributed by atoms with van der Waals surface area (Å²) in [5.41, 5.74) is 1.04. The second-order valence-corrected chi connectivity index (χ2v) is 8.74. The molecule has 4 rings (SSSR count). The highest BCUT2D eigenvalue weighted by molar-refractivity contribution is 7.16. The van der Waals surface area contributed by atoms with Crippen LogP contribution >= 0.6 is 11.3 Å². The van der Waals surface area contributed by atoms with Crippen molar-refractivity contribution in [3.63, 3.8) is 0 Å². The molecule has 29 heavy (non-hydrogen) atoms. The number of benzene rings is 1. The molecule has 0 spiro atoms. The molecule has 0 unspecified atom stereocenters. The Morgan fingerprint density at radius 2 is 2.10 bits per heavy atom. The summed E-state index contributed by atoms with van der Waals surface area (Å²) in [5, 5.41) is 3.88. The van der Waals surface area contributed by atoms with Gasteiger partial charge < -0.3 is 24.4 Å². The summed E-state index contributed by atoms with van der Waals surface area (Å²) < 4.78 is 16.9. The zero-order valence-electron chi connectivity index (χ0n) is 17.1. The molecule has 1 aromatic heterocycles. The van der Waals surface area contributed by atoms with Crippen LogP contribution in [0.25, 0.3) is 0 Å². The van der Waals surface area contributed by atoms with E-state index in [1.165, 1.54) is 0 Å². The first-order chi connectivity index (χ1) is 14.0. The number of nitrogens with one attached hydrogen (secondary N) is 1. The third-order valence-corrected chi connectivity index (χ3v) is 6.28. The highest BCUT2D eigenvalue weighted by Gasteiger charge is 2.32. The Labute approximate surface area is 175 Å². The predicted molar refractivity (Wildman–Crippen MR) is 114 cm³/mol. The number of anilines is 2. The number of rotatable bonds is 6. The van der Waals surface area contributed by atoms with Crippen LogP contribution in [0, 0.1) is 5.92 Å². The summed E-state index contributed by atoms with van der Waals surface area (Å²) >= 11 is 1.65. The maximum Gasteiger partial charge on any atom is 0.226 e. The van der Waals surface area contributed by atoms with Gasteiger partial charge in [0.05, 0.1) is 31.8 Å². The summed E-state index contributed by atoms with van der Waals surface area (Å²) in [6.07, 6.45) is 0.397. The minimum Gasteiger partial charge on any atom is -0.493 e. The third-order valence-electron chi connectivity index (χ3n) is 5.05. The fourth-order valence-electron chi connectivity index (χ4n) is 3.55. The van der Waals surface area contributed by atoms with Gasteiger partial charge >= 0.3 is 0 Å². The number of hydrogen-bond acceptors (Lipinski definition) is 7. The minimum atomic E-state index is -0.0432. The molecule has 8 heteroatoms. The van der Waals surface area contributed by atoms with Crippen molar-refractivity contribution < 1.29 is 19.0 Å². The zero-order chi connectivity index (χ0) is 20.4. The molecule has 1 N–H and O–H groups in total. The van der Waals surface area contributed by atoms with Gasteiger partial charge in [0.2, 0.25) is 5.91 Å². The Morgan fingerprint density at radius 3 is 2.83 bits per heavy atom. The maximum atomic E-state index is 12.4. The molecular weight excluding hydrogens is 390 g/mol. The van der Waals surface area contributed by atoms with Crippen LogP contribution in [0.5, 0.6) is 11.5 Å². The quantitative estimate of drug-likeness (QED) is 0.776. The molecule has 1 atom stereocenters. The lowest BCUT2D eigenvalue weighted by Gasteiger charge is -2.26. The minimum absolute atomic E-state index is 0.0122. The standard InChI is InChI=1S/C21H27N3O4S/c1-13(2)12-28-17-10-14(4-5-16(17)26-3)15-11-18(25)22-20-19(15)29-21(23-20)24-6-8-27-9-7-24/h4-5,10,13,15H,6-9,11-12H2,1-3H3,(H,22,25)/t15-/m1/s1. The fraction of sp³-hybridized carbons (Fsp3) is 0.524. The molecular formula is C21H27N3O4S.